The number of aromatic nitrogens is 2. The molecule has 1 heterocycles. The van der Waals surface area contributed by atoms with Crippen molar-refractivity contribution in [1.82, 2.24) is 9.55 Å². The van der Waals surface area contributed by atoms with Gasteiger partial charge in [0.05, 0.1) is 23.7 Å². The lowest BCUT2D eigenvalue weighted by Gasteiger charge is -2.15. The van der Waals surface area contributed by atoms with Gasteiger partial charge in [-0.05, 0) is 38.8 Å². The average Bonchev–Trinajstić information content (AvgIpc) is 3.22. The molecule has 0 radical (unpaired) electrons. The molecule has 5 heteroatoms. The number of benzene rings is 1. The molecule has 0 spiro atoms. The Kier molecular flexibility index (Phi) is 3.68. The number of hydrogen-bond acceptors (Lipinski definition) is 3. The van der Waals surface area contributed by atoms with E-state index in [1.54, 1.807) is 12.1 Å². The highest BCUT2D eigenvalue weighted by atomic mass is 16.5. The number of imidazole rings is 1. The van der Waals surface area contributed by atoms with Gasteiger partial charge in [-0.15, -0.1) is 0 Å². The van der Waals surface area contributed by atoms with Gasteiger partial charge in [0.1, 0.15) is 11.3 Å². The Balaban J connectivity index is 2.09. The molecule has 2 aromatic rings. The quantitative estimate of drug-likeness (QED) is 0.887. The van der Waals surface area contributed by atoms with Crippen LogP contribution in [0.5, 0.6) is 0 Å². The van der Waals surface area contributed by atoms with Gasteiger partial charge < -0.3 is 14.4 Å². The van der Waals surface area contributed by atoms with Crippen LogP contribution in [0.1, 0.15) is 48.8 Å². The highest BCUT2D eigenvalue weighted by molar-refractivity contribution is 6.01. The van der Waals surface area contributed by atoms with Crippen molar-refractivity contribution in [2.75, 3.05) is 6.61 Å². The van der Waals surface area contributed by atoms with Gasteiger partial charge in [0.2, 0.25) is 0 Å². The second-order valence-electron chi connectivity index (χ2n) is 5.60. The number of nitrogens with zero attached hydrogens (tertiary/aromatic N) is 2. The SMILES string of the molecule is CCOC(C)Cn1c(C2CC2)nc2c(C(=O)O)cccc21. The zero-order chi connectivity index (χ0) is 15.0. The highest BCUT2D eigenvalue weighted by Crippen LogP contribution is 2.41. The average molecular weight is 288 g/mol. The van der Waals surface area contributed by atoms with Crippen LogP contribution in [-0.4, -0.2) is 33.3 Å². The summed E-state index contributed by atoms with van der Waals surface area (Å²) in [5, 5.41) is 9.33. The molecule has 0 saturated heterocycles. The molecule has 1 aromatic heterocycles. The molecule has 0 bridgehead atoms. The van der Waals surface area contributed by atoms with Crippen molar-refractivity contribution in [3.8, 4) is 0 Å². The Morgan fingerprint density at radius 1 is 1.52 bits per heavy atom. The molecule has 0 aliphatic heterocycles. The Bertz CT molecular complexity index is 673. The zero-order valence-electron chi connectivity index (χ0n) is 12.4. The van der Waals surface area contributed by atoms with Crippen LogP contribution in [0.15, 0.2) is 18.2 Å². The monoisotopic (exact) mass is 288 g/mol. The lowest BCUT2D eigenvalue weighted by molar-refractivity contribution is 0.0642. The molecule has 1 aromatic carbocycles. The normalized spacial score (nSPS) is 16.3. The van der Waals surface area contributed by atoms with Crippen LogP contribution in [0.4, 0.5) is 0 Å². The van der Waals surface area contributed by atoms with Crippen LogP contribution in [-0.2, 0) is 11.3 Å². The van der Waals surface area contributed by atoms with E-state index >= 15 is 0 Å². The van der Waals surface area contributed by atoms with Crippen LogP contribution in [0.25, 0.3) is 11.0 Å². The number of carbonyl (C=O) groups is 1. The summed E-state index contributed by atoms with van der Waals surface area (Å²) in [6, 6.07) is 5.34. The molecule has 21 heavy (non-hydrogen) atoms. The third kappa shape index (κ3) is 2.65. The summed E-state index contributed by atoms with van der Waals surface area (Å²) in [6.07, 6.45) is 2.35. The second kappa shape index (κ2) is 5.48. The van der Waals surface area contributed by atoms with Gasteiger partial charge in [0.15, 0.2) is 0 Å². The van der Waals surface area contributed by atoms with Gasteiger partial charge in [-0.2, -0.15) is 0 Å². The fourth-order valence-electron chi connectivity index (χ4n) is 2.78. The topological polar surface area (TPSA) is 64.4 Å². The summed E-state index contributed by atoms with van der Waals surface area (Å²) in [4.78, 5) is 16.0. The van der Waals surface area contributed by atoms with E-state index in [1.165, 1.54) is 0 Å². The van der Waals surface area contributed by atoms with E-state index in [0.29, 0.717) is 24.6 Å². The first-order valence-corrected chi connectivity index (χ1v) is 7.45. The second-order valence-corrected chi connectivity index (χ2v) is 5.60. The molecular weight excluding hydrogens is 268 g/mol. The molecule has 1 N–H and O–H groups in total. The van der Waals surface area contributed by atoms with Crippen molar-refractivity contribution in [2.24, 2.45) is 0 Å². The summed E-state index contributed by atoms with van der Waals surface area (Å²) >= 11 is 0. The highest BCUT2D eigenvalue weighted by Gasteiger charge is 2.31. The van der Waals surface area contributed by atoms with Crippen molar-refractivity contribution in [3.63, 3.8) is 0 Å². The van der Waals surface area contributed by atoms with Crippen molar-refractivity contribution in [3.05, 3.63) is 29.6 Å². The molecular formula is C16H20N2O3. The first kappa shape index (κ1) is 14.1. The van der Waals surface area contributed by atoms with Crippen LogP contribution in [0.3, 0.4) is 0 Å². The first-order valence-electron chi connectivity index (χ1n) is 7.45. The van der Waals surface area contributed by atoms with Crippen molar-refractivity contribution in [1.29, 1.82) is 0 Å². The third-order valence-electron chi connectivity index (χ3n) is 3.87. The van der Waals surface area contributed by atoms with E-state index in [-0.39, 0.29) is 11.7 Å². The van der Waals surface area contributed by atoms with Crippen molar-refractivity contribution < 1.29 is 14.6 Å². The minimum Gasteiger partial charge on any atom is -0.478 e. The summed E-state index contributed by atoms with van der Waals surface area (Å²) < 4.78 is 7.77. The van der Waals surface area contributed by atoms with Gasteiger partial charge in [0, 0.05) is 12.5 Å². The number of carboxylic acid groups (broad SMARTS) is 1. The standard InChI is InChI=1S/C16H20N2O3/c1-3-21-10(2)9-18-13-6-4-5-12(16(19)20)14(13)17-15(18)11-7-8-11/h4-6,10-11H,3,7-9H2,1-2H3,(H,19,20). The number of fused-ring (bicyclic) bond motifs is 1. The maximum absolute atomic E-state index is 11.4. The zero-order valence-corrected chi connectivity index (χ0v) is 12.4. The molecule has 0 amide bonds. The lowest BCUT2D eigenvalue weighted by Crippen LogP contribution is -2.18. The van der Waals surface area contributed by atoms with Gasteiger partial charge in [0.25, 0.3) is 0 Å². The summed E-state index contributed by atoms with van der Waals surface area (Å²) in [5.41, 5.74) is 1.76. The molecule has 1 atom stereocenters. The Hall–Kier alpha value is -1.88. The number of rotatable bonds is 6. The minimum absolute atomic E-state index is 0.0818. The van der Waals surface area contributed by atoms with E-state index in [4.69, 9.17) is 4.74 Å². The number of aromatic carboxylic acids is 1. The summed E-state index contributed by atoms with van der Waals surface area (Å²) in [6.45, 7) is 5.39. The van der Waals surface area contributed by atoms with Crippen molar-refractivity contribution >= 4 is 17.0 Å². The van der Waals surface area contributed by atoms with E-state index in [2.05, 4.69) is 9.55 Å². The summed E-state index contributed by atoms with van der Waals surface area (Å²) in [5.74, 6) is 0.545. The number of ether oxygens (including phenoxy) is 1. The predicted octanol–water partition coefficient (Wildman–Crippen LogP) is 3.04. The largest absolute Gasteiger partial charge is 0.478 e. The van der Waals surface area contributed by atoms with Gasteiger partial charge in [-0.3, -0.25) is 0 Å². The molecule has 1 fully saturated rings. The Morgan fingerprint density at radius 3 is 2.90 bits per heavy atom. The Labute approximate surface area is 123 Å². The molecule has 3 rings (SSSR count). The van der Waals surface area contributed by atoms with Crippen LogP contribution < -0.4 is 0 Å². The van der Waals surface area contributed by atoms with Crippen LogP contribution in [0.2, 0.25) is 0 Å². The van der Waals surface area contributed by atoms with Gasteiger partial charge >= 0.3 is 5.97 Å². The molecule has 1 unspecified atom stereocenters. The Morgan fingerprint density at radius 2 is 2.29 bits per heavy atom. The van der Waals surface area contributed by atoms with E-state index in [1.807, 2.05) is 19.9 Å². The maximum Gasteiger partial charge on any atom is 0.337 e. The maximum atomic E-state index is 11.4. The van der Waals surface area contributed by atoms with Gasteiger partial charge in [-0.25, -0.2) is 9.78 Å². The molecule has 1 saturated carbocycles. The molecule has 1 aliphatic carbocycles. The number of carboxylic acids is 1. The van der Waals surface area contributed by atoms with E-state index in [9.17, 15) is 9.90 Å². The minimum atomic E-state index is -0.926. The third-order valence-corrected chi connectivity index (χ3v) is 3.87. The molecule has 1 aliphatic rings. The smallest absolute Gasteiger partial charge is 0.337 e. The van der Waals surface area contributed by atoms with Crippen molar-refractivity contribution in [2.45, 2.75) is 45.3 Å². The van der Waals surface area contributed by atoms with Crippen LogP contribution in [0, 0.1) is 0 Å². The fourth-order valence-corrected chi connectivity index (χ4v) is 2.78. The molecule has 112 valence electrons. The van der Waals surface area contributed by atoms with Gasteiger partial charge in [-0.1, -0.05) is 6.07 Å². The summed E-state index contributed by atoms with van der Waals surface area (Å²) in [7, 11) is 0. The molecule has 5 nitrogen and oxygen atoms in total. The predicted molar refractivity (Wildman–Crippen MR) is 79.8 cm³/mol. The van der Waals surface area contributed by atoms with E-state index in [0.717, 1.165) is 24.2 Å². The lowest BCUT2D eigenvalue weighted by atomic mass is 10.2. The number of para-hydroxylation sites is 1. The first-order chi connectivity index (χ1) is 10.1. The van der Waals surface area contributed by atoms with E-state index < -0.39 is 5.97 Å². The van der Waals surface area contributed by atoms with Crippen LogP contribution >= 0.6 is 0 Å². The number of hydrogen-bond donors (Lipinski definition) is 1. The fraction of sp³-hybridized carbons (Fsp3) is 0.500.